The van der Waals surface area contributed by atoms with Crippen LogP contribution in [0.2, 0.25) is 0 Å². The molecule has 0 aromatic heterocycles. The van der Waals surface area contributed by atoms with Gasteiger partial charge in [-0.15, -0.1) is 0 Å². The Bertz CT molecular complexity index is 584. The Morgan fingerprint density at radius 1 is 1.14 bits per heavy atom. The van der Waals surface area contributed by atoms with Gasteiger partial charge in [-0.05, 0) is 36.8 Å². The average Bonchev–Trinajstić information content (AvgIpc) is 2.47. The molecular weight excluding hydrogens is 264 g/mol. The molecule has 2 rings (SSSR count). The van der Waals surface area contributed by atoms with Crippen molar-refractivity contribution in [1.29, 1.82) is 0 Å². The molecule has 0 aliphatic heterocycles. The largest absolute Gasteiger partial charge is 0.395 e. The van der Waals surface area contributed by atoms with Gasteiger partial charge in [-0.25, -0.2) is 0 Å². The average molecular weight is 284 g/mol. The second-order valence-corrected chi connectivity index (χ2v) is 4.90. The summed E-state index contributed by atoms with van der Waals surface area (Å²) in [6, 6.07) is 17.3. The van der Waals surface area contributed by atoms with Crippen molar-refractivity contribution in [3.05, 3.63) is 60.2 Å². The first-order valence-corrected chi connectivity index (χ1v) is 6.96. The number of aliphatic hydroxyl groups excluding tert-OH is 1. The molecule has 0 atom stereocenters. The van der Waals surface area contributed by atoms with Crippen molar-refractivity contribution >= 4 is 17.3 Å². The lowest BCUT2D eigenvalue weighted by molar-refractivity contribution is -0.115. The van der Waals surface area contributed by atoms with Crippen LogP contribution >= 0.6 is 0 Å². The van der Waals surface area contributed by atoms with Crippen molar-refractivity contribution in [2.75, 3.05) is 29.9 Å². The summed E-state index contributed by atoms with van der Waals surface area (Å²) in [6.07, 6.45) is 0. The van der Waals surface area contributed by atoms with Crippen LogP contribution in [0.3, 0.4) is 0 Å². The van der Waals surface area contributed by atoms with Gasteiger partial charge in [-0.2, -0.15) is 0 Å². The molecule has 1 amide bonds. The standard InChI is InChI=1S/C17H20N2O2/c1-14-6-5-7-15(12-14)18-17(21)13-19(10-11-20)16-8-3-2-4-9-16/h2-9,12,20H,10-11,13H2,1H3,(H,18,21). The van der Waals surface area contributed by atoms with Crippen molar-refractivity contribution in [2.45, 2.75) is 6.92 Å². The van der Waals surface area contributed by atoms with Gasteiger partial charge in [-0.3, -0.25) is 4.79 Å². The van der Waals surface area contributed by atoms with E-state index in [9.17, 15) is 4.79 Å². The summed E-state index contributed by atoms with van der Waals surface area (Å²) in [7, 11) is 0. The van der Waals surface area contributed by atoms with E-state index in [1.165, 1.54) is 0 Å². The van der Waals surface area contributed by atoms with Gasteiger partial charge in [0.2, 0.25) is 5.91 Å². The minimum absolute atomic E-state index is 0.00657. The Kier molecular flexibility index (Phi) is 5.35. The molecular formula is C17H20N2O2. The van der Waals surface area contributed by atoms with Crippen LogP contribution in [0.4, 0.5) is 11.4 Å². The molecule has 0 aliphatic carbocycles. The Morgan fingerprint density at radius 3 is 2.57 bits per heavy atom. The van der Waals surface area contributed by atoms with Gasteiger partial charge in [0.25, 0.3) is 0 Å². The first-order chi connectivity index (χ1) is 10.2. The molecule has 110 valence electrons. The fraction of sp³-hybridized carbons (Fsp3) is 0.235. The molecule has 21 heavy (non-hydrogen) atoms. The number of hydrogen-bond acceptors (Lipinski definition) is 3. The molecule has 4 heteroatoms. The number of nitrogens with one attached hydrogen (secondary N) is 1. The predicted octanol–water partition coefficient (Wildman–Crippen LogP) is 2.43. The third-order valence-corrected chi connectivity index (χ3v) is 3.13. The maximum atomic E-state index is 12.1. The summed E-state index contributed by atoms with van der Waals surface area (Å²) < 4.78 is 0. The summed E-state index contributed by atoms with van der Waals surface area (Å²) >= 11 is 0. The fourth-order valence-corrected chi connectivity index (χ4v) is 2.16. The van der Waals surface area contributed by atoms with Crippen LogP contribution in [0.15, 0.2) is 54.6 Å². The monoisotopic (exact) mass is 284 g/mol. The number of hydrogen-bond donors (Lipinski definition) is 2. The van der Waals surface area contributed by atoms with Crippen molar-refractivity contribution in [3.8, 4) is 0 Å². The number of rotatable bonds is 6. The Morgan fingerprint density at radius 2 is 1.90 bits per heavy atom. The zero-order valence-corrected chi connectivity index (χ0v) is 12.1. The van der Waals surface area contributed by atoms with Crippen LogP contribution in [0.1, 0.15) is 5.56 Å². The first kappa shape index (κ1) is 15.1. The number of carbonyl (C=O) groups excluding carboxylic acids is 1. The second kappa shape index (κ2) is 7.45. The van der Waals surface area contributed by atoms with Gasteiger partial charge in [0.15, 0.2) is 0 Å². The van der Waals surface area contributed by atoms with Crippen molar-refractivity contribution in [1.82, 2.24) is 0 Å². The molecule has 0 aliphatic rings. The minimum Gasteiger partial charge on any atom is -0.395 e. The zero-order valence-electron chi connectivity index (χ0n) is 12.1. The van der Waals surface area contributed by atoms with Gasteiger partial charge >= 0.3 is 0 Å². The van der Waals surface area contributed by atoms with Crippen molar-refractivity contribution < 1.29 is 9.90 Å². The number of aliphatic hydroxyl groups is 1. The molecule has 2 N–H and O–H groups in total. The van der Waals surface area contributed by atoms with Gasteiger partial charge < -0.3 is 15.3 Å². The summed E-state index contributed by atoms with van der Waals surface area (Å²) in [5.74, 6) is -0.0992. The van der Waals surface area contributed by atoms with Crippen LogP contribution in [-0.4, -0.2) is 30.7 Å². The van der Waals surface area contributed by atoms with E-state index >= 15 is 0 Å². The van der Waals surface area contributed by atoms with E-state index in [0.29, 0.717) is 6.54 Å². The van der Waals surface area contributed by atoms with E-state index in [4.69, 9.17) is 5.11 Å². The smallest absolute Gasteiger partial charge is 0.243 e. The molecule has 2 aromatic carbocycles. The quantitative estimate of drug-likeness (QED) is 0.856. The van der Waals surface area contributed by atoms with Crippen LogP contribution in [-0.2, 0) is 4.79 Å². The topological polar surface area (TPSA) is 52.6 Å². The number of nitrogens with zero attached hydrogens (tertiary/aromatic N) is 1. The maximum Gasteiger partial charge on any atom is 0.243 e. The van der Waals surface area contributed by atoms with E-state index in [1.54, 1.807) is 0 Å². The molecule has 0 saturated carbocycles. The molecule has 0 spiro atoms. The lowest BCUT2D eigenvalue weighted by Gasteiger charge is -2.23. The molecule has 4 nitrogen and oxygen atoms in total. The third-order valence-electron chi connectivity index (χ3n) is 3.13. The molecule has 0 saturated heterocycles. The van der Waals surface area contributed by atoms with E-state index in [2.05, 4.69) is 5.32 Å². The predicted molar refractivity (Wildman–Crippen MR) is 85.5 cm³/mol. The number of para-hydroxylation sites is 1. The summed E-state index contributed by atoms with van der Waals surface area (Å²) in [5.41, 5.74) is 2.81. The fourth-order valence-electron chi connectivity index (χ4n) is 2.16. The van der Waals surface area contributed by atoms with E-state index in [1.807, 2.05) is 66.4 Å². The van der Waals surface area contributed by atoms with Crippen LogP contribution in [0, 0.1) is 6.92 Å². The number of benzene rings is 2. The van der Waals surface area contributed by atoms with Crippen LogP contribution in [0.5, 0.6) is 0 Å². The van der Waals surface area contributed by atoms with E-state index in [-0.39, 0.29) is 19.1 Å². The van der Waals surface area contributed by atoms with Crippen molar-refractivity contribution in [3.63, 3.8) is 0 Å². The van der Waals surface area contributed by atoms with Gasteiger partial charge in [0.1, 0.15) is 0 Å². The maximum absolute atomic E-state index is 12.1. The number of aryl methyl sites for hydroxylation is 1. The third kappa shape index (κ3) is 4.61. The van der Waals surface area contributed by atoms with Crippen molar-refractivity contribution in [2.24, 2.45) is 0 Å². The minimum atomic E-state index is -0.0992. The first-order valence-electron chi connectivity index (χ1n) is 6.96. The summed E-state index contributed by atoms with van der Waals surface area (Å²) in [6.45, 7) is 2.62. The molecule has 0 bridgehead atoms. The molecule has 0 radical (unpaired) electrons. The zero-order chi connectivity index (χ0) is 15.1. The lowest BCUT2D eigenvalue weighted by Crippen LogP contribution is -2.35. The molecule has 2 aromatic rings. The Hall–Kier alpha value is -2.33. The highest BCUT2D eigenvalue weighted by Crippen LogP contribution is 2.14. The molecule has 0 fully saturated rings. The Labute approximate surface area is 125 Å². The van der Waals surface area contributed by atoms with Gasteiger partial charge in [0.05, 0.1) is 13.2 Å². The molecule has 0 heterocycles. The number of carbonyl (C=O) groups is 1. The van der Waals surface area contributed by atoms with E-state index in [0.717, 1.165) is 16.9 Å². The number of anilines is 2. The summed E-state index contributed by atoms with van der Waals surface area (Å²) in [4.78, 5) is 14.0. The van der Waals surface area contributed by atoms with E-state index < -0.39 is 0 Å². The SMILES string of the molecule is Cc1cccc(NC(=O)CN(CCO)c2ccccc2)c1. The van der Waals surface area contributed by atoms with Gasteiger partial charge in [-0.1, -0.05) is 30.3 Å². The molecule has 0 unspecified atom stereocenters. The Balaban J connectivity index is 2.02. The van der Waals surface area contributed by atoms with Crippen LogP contribution < -0.4 is 10.2 Å². The van der Waals surface area contributed by atoms with Crippen LogP contribution in [0.25, 0.3) is 0 Å². The highest BCUT2D eigenvalue weighted by Gasteiger charge is 2.11. The second-order valence-electron chi connectivity index (χ2n) is 4.90. The normalized spacial score (nSPS) is 10.2. The lowest BCUT2D eigenvalue weighted by atomic mass is 10.2. The van der Waals surface area contributed by atoms with Gasteiger partial charge in [0, 0.05) is 17.9 Å². The highest BCUT2D eigenvalue weighted by atomic mass is 16.3. The highest BCUT2D eigenvalue weighted by molar-refractivity contribution is 5.94. The number of amides is 1. The summed E-state index contributed by atoms with van der Waals surface area (Å²) in [5, 5.41) is 12.0.